The van der Waals surface area contributed by atoms with Gasteiger partial charge in [-0.15, -0.1) is 0 Å². The first-order valence-corrected chi connectivity index (χ1v) is 14.5. The molecule has 206 valence electrons. The number of H-pyrrole nitrogens is 1. The van der Waals surface area contributed by atoms with Crippen LogP contribution in [0.1, 0.15) is 75.8 Å². The topological polar surface area (TPSA) is 132 Å². The van der Waals surface area contributed by atoms with E-state index in [9.17, 15) is 4.79 Å². The zero-order chi connectivity index (χ0) is 25.7. The molecule has 4 heterocycles. The molecule has 2 aromatic heterocycles. The van der Waals surface area contributed by atoms with Crippen LogP contribution >= 0.6 is 0 Å². The van der Waals surface area contributed by atoms with Gasteiger partial charge in [-0.05, 0) is 57.4 Å². The Morgan fingerprint density at radius 1 is 0.921 bits per heavy atom. The van der Waals surface area contributed by atoms with Gasteiger partial charge >= 0.3 is 6.03 Å². The van der Waals surface area contributed by atoms with Gasteiger partial charge in [0.1, 0.15) is 5.82 Å². The quantitative estimate of drug-likeness (QED) is 0.355. The van der Waals surface area contributed by atoms with Gasteiger partial charge < -0.3 is 26.0 Å². The number of carbonyl (C=O) groups is 1. The van der Waals surface area contributed by atoms with Crippen LogP contribution in [-0.2, 0) is 4.74 Å². The van der Waals surface area contributed by atoms with Crippen LogP contribution in [0.25, 0.3) is 0 Å². The van der Waals surface area contributed by atoms with Crippen LogP contribution in [0.3, 0.4) is 0 Å². The number of likely N-dealkylation sites (tertiary alicyclic amines) is 1. The molecule has 5 N–H and O–H groups in total. The second-order valence-corrected chi connectivity index (χ2v) is 11.4. The number of rotatable bonds is 8. The van der Waals surface area contributed by atoms with E-state index < -0.39 is 0 Å². The summed E-state index contributed by atoms with van der Waals surface area (Å²) in [4.78, 5) is 24.2. The third kappa shape index (κ3) is 6.37. The van der Waals surface area contributed by atoms with Crippen molar-refractivity contribution in [3.63, 3.8) is 0 Å². The SMILES string of the molecule is O=C(NC1CCC(Nc2nccc(Nc3cc(C4CCCC4)[nH]n3)n2)CC1)NC1CCN(C2COC2)CC1. The number of urea groups is 1. The van der Waals surface area contributed by atoms with Crippen molar-refractivity contribution in [3.05, 3.63) is 24.0 Å². The Bertz CT molecular complexity index is 1050. The molecule has 4 aliphatic rings. The molecule has 2 aliphatic heterocycles. The predicted molar refractivity (Wildman–Crippen MR) is 146 cm³/mol. The lowest BCUT2D eigenvalue weighted by Crippen LogP contribution is -2.55. The predicted octanol–water partition coefficient (Wildman–Crippen LogP) is 3.49. The number of hydrogen-bond acceptors (Lipinski definition) is 8. The first-order chi connectivity index (χ1) is 18.7. The number of ether oxygens (including phenoxy) is 1. The summed E-state index contributed by atoms with van der Waals surface area (Å²) in [6.07, 6.45) is 12.7. The number of amides is 2. The van der Waals surface area contributed by atoms with Crippen molar-refractivity contribution in [2.45, 2.75) is 94.3 Å². The Morgan fingerprint density at radius 2 is 1.63 bits per heavy atom. The third-order valence-electron chi connectivity index (χ3n) is 8.70. The molecule has 0 spiro atoms. The highest BCUT2D eigenvalue weighted by Gasteiger charge is 2.30. The molecule has 11 nitrogen and oxygen atoms in total. The number of carbonyl (C=O) groups excluding carboxylic acids is 1. The molecule has 0 bridgehead atoms. The number of nitrogens with one attached hydrogen (secondary N) is 5. The smallest absolute Gasteiger partial charge is 0.315 e. The molecule has 0 unspecified atom stereocenters. The zero-order valence-corrected chi connectivity index (χ0v) is 22.1. The van der Waals surface area contributed by atoms with Gasteiger partial charge in [0.15, 0.2) is 5.82 Å². The van der Waals surface area contributed by atoms with Gasteiger partial charge in [-0.1, -0.05) is 12.8 Å². The van der Waals surface area contributed by atoms with Crippen LogP contribution in [0.5, 0.6) is 0 Å². The van der Waals surface area contributed by atoms with Gasteiger partial charge in [-0.25, -0.2) is 9.78 Å². The number of anilines is 3. The first-order valence-electron chi connectivity index (χ1n) is 14.5. The van der Waals surface area contributed by atoms with E-state index in [2.05, 4.69) is 52.4 Å². The van der Waals surface area contributed by atoms with Crippen LogP contribution in [0, 0.1) is 0 Å². The lowest BCUT2D eigenvalue weighted by atomic mass is 9.91. The zero-order valence-electron chi connectivity index (χ0n) is 22.1. The fourth-order valence-electron chi connectivity index (χ4n) is 6.30. The van der Waals surface area contributed by atoms with Crippen molar-refractivity contribution in [2.75, 3.05) is 36.9 Å². The monoisotopic (exact) mass is 523 g/mol. The fraction of sp³-hybridized carbons (Fsp3) is 0.704. The Labute approximate surface area is 224 Å². The average molecular weight is 524 g/mol. The van der Waals surface area contributed by atoms with E-state index in [0.717, 1.165) is 76.5 Å². The molecule has 0 aromatic carbocycles. The van der Waals surface area contributed by atoms with Crippen molar-refractivity contribution in [1.82, 2.24) is 35.7 Å². The van der Waals surface area contributed by atoms with E-state index in [4.69, 9.17) is 4.74 Å². The number of hydrogen-bond donors (Lipinski definition) is 5. The minimum Gasteiger partial charge on any atom is -0.378 e. The van der Waals surface area contributed by atoms with Crippen molar-refractivity contribution >= 4 is 23.6 Å². The highest BCUT2D eigenvalue weighted by molar-refractivity contribution is 5.74. The largest absolute Gasteiger partial charge is 0.378 e. The highest BCUT2D eigenvalue weighted by Crippen LogP contribution is 2.34. The van der Waals surface area contributed by atoms with E-state index in [1.807, 2.05) is 6.07 Å². The second kappa shape index (κ2) is 11.9. The summed E-state index contributed by atoms with van der Waals surface area (Å²) < 4.78 is 5.31. The first kappa shape index (κ1) is 25.4. The van der Waals surface area contributed by atoms with Crippen LogP contribution in [0.4, 0.5) is 22.4 Å². The molecule has 2 saturated carbocycles. The minimum absolute atomic E-state index is 0.0246. The molecule has 38 heavy (non-hydrogen) atoms. The molecular weight excluding hydrogens is 482 g/mol. The molecule has 2 aliphatic carbocycles. The maximum atomic E-state index is 12.6. The third-order valence-corrected chi connectivity index (χ3v) is 8.70. The summed E-state index contributed by atoms with van der Waals surface area (Å²) in [6.45, 7) is 3.79. The van der Waals surface area contributed by atoms with E-state index in [0.29, 0.717) is 23.9 Å². The van der Waals surface area contributed by atoms with Crippen LogP contribution in [0.15, 0.2) is 18.3 Å². The van der Waals surface area contributed by atoms with Crippen LogP contribution in [-0.4, -0.2) is 81.6 Å². The van der Waals surface area contributed by atoms with Gasteiger partial charge in [0, 0.05) is 55.1 Å². The summed E-state index contributed by atoms with van der Waals surface area (Å²) in [5.74, 6) is 2.74. The Balaban J connectivity index is 0.911. The summed E-state index contributed by atoms with van der Waals surface area (Å²) in [6, 6.07) is 5.29. The summed E-state index contributed by atoms with van der Waals surface area (Å²) >= 11 is 0. The van der Waals surface area contributed by atoms with Crippen molar-refractivity contribution in [2.24, 2.45) is 0 Å². The minimum atomic E-state index is -0.0246. The van der Waals surface area contributed by atoms with Gasteiger partial charge in [0.2, 0.25) is 5.95 Å². The van der Waals surface area contributed by atoms with E-state index in [1.54, 1.807) is 6.20 Å². The van der Waals surface area contributed by atoms with E-state index >= 15 is 0 Å². The van der Waals surface area contributed by atoms with Crippen LogP contribution in [0.2, 0.25) is 0 Å². The number of piperidine rings is 1. The van der Waals surface area contributed by atoms with E-state index in [-0.39, 0.29) is 18.1 Å². The van der Waals surface area contributed by atoms with E-state index in [1.165, 1.54) is 31.4 Å². The van der Waals surface area contributed by atoms with Gasteiger partial charge in [-0.3, -0.25) is 10.00 Å². The summed E-state index contributed by atoms with van der Waals surface area (Å²) in [7, 11) is 0. The summed E-state index contributed by atoms with van der Waals surface area (Å²) in [5, 5.41) is 20.8. The van der Waals surface area contributed by atoms with Gasteiger partial charge in [0.05, 0.1) is 19.3 Å². The van der Waals surface area contributed by atoms with Crippen molar-refractivity contribution in [3.8, 4) is 0 Å². The van der Waals surface area contributed by atoms with Gasteiger partial charge in [-0.2, -0.15) is 10.1 Å². The second-order valence-electron chi connectivity index (χ2n) is 11.4. The molecule has 6 rings (SSSR count). The number of aromatic amines is 1. The molecular formula is C27H41N9O2. The maximum absolute atomic E-state index is 12.6. The normalized spacial score (nSPS) is 25.6. The molecule has 4 fully saturated rings. The Hall–Kier alpha value is -2.92. The van der Waals surface area contributed by atoms with Gasteiger partial charge in [0.25, 0.3) is 0 Å². The number of nitrogens with zero attached hydrogens (tertiary/aromatic N) is 4. The highest BCUT2D eigenvalue weighted by atomic mass is 16.5. The van der Waals surface area contributed by atoms with Crippen molar-refractivity contribution in [1.29, 1.82) is 0 Å². The molecule has 11 heteroatoms. The molecule has 2 aromatic rings. The lowest BCUT2D eigenvalue weighted by molar-refractivity contribution is -0.0716. The molecule has 0 atom stereocenters. The standard InChI is InChI=1S/C27H41N9O2/c37-27(31-21-10-13-36(14-11-21)22-16-38-17-22)30-20-7-5-19(6-8-20)29-26-28-12-9-24(33-26)32-25-15-23(34-35-25)18-3-1-2-4-18/h9,12,15,18-22H,1-8,10-11,13-14,16-17H2,(H2,30,31,37)(H3,28,29,32,33,34,35). The summed E-state index contributed by atoms with van der Waals surface area (Å²) in [5.41, 5.74) is 1.21. The molecule has 2 amide bonds. The fourth-order valence-corrected chi connectivity index (χ4v) is 6.30. The molecule has 2 saturated heterocycles. The maximum Gasteiger partial charge on any atom is 0.315 e. The average Bonchev–Trinajstić information content (AvgIpc) is 3.58. The molecule has 0 radical (unpaired) electrons. The van der Waals surface area contributed by atoms with Crippen molar-refractivity contribution < 1.29 is 9.53 Å². The Morgan fingerprint density at radius 3 is 2.34 bits per heavy atom. The Kier molecular flexibility index (Phi) is 7.91. The number of aromatic nitrogens is 4. The lowest BCUT2D eigenvalue weighted by Gasteiger charge is -2.41. The van der Waals surface area contributed by atoms with Crippen LogP contribution < -0.4 is 21.3 Å².